The Morgan fingerprint density at radius 1 is 1.28 bits per heavy atom. The number of aliphatic hydroxyl groups excluding tert-OH is 1. The largest absolute Gasteiger partial charge is 0.391 e. The van der Waals surface area contributed by atoms with Crippen molar-refractivity contribution in [3.05, 3.63) is 41.0 Å². The highest BCUT2D eigenvalue weighted by atomic mass is 32.1. The Morgan fingerprint density at radius 2 is 2.00 bits per heavy atom. The van der Waals surface area contributed by atoms with Gasteiger partial charge in [0.2, 0.25) is 11.8 Å². The number of carbonyl (C=O) groups is 2. The van der Waals surface area contributed by atoms with Crippen molar-refractivity contribution < 1.29 is 14.7 Å². The Bertz CT molecular complexity index is 941. The molecule has 4 rings (SSSR count). The summed E-state index contributed by atoms with van der Waals surface area (Å²) < 4.78 is 0. The van der Waals surface area contributed by atoms with E-state index >= 15 is 0 Å². The molecule has 0 saturated carbocycles. The minimum Gasteiger partial charge on any atom is -0.391 e. The lowest BCUT2D eigenvalue weighted by Crippen LogP contribution is -2.56. The molecular weight excluding hydrogens is 426 g/mol. The molecule has 32 heavy (non-hydrogen) atoms. The molecule has 0 unspecified atom stereocenters. The van der Waals surface area contributed by atoms with E-state index in [1.807, 2.05) is 43.6 Å². The number of aliphatic hydroxyl groups is 1. The highest BCUT2D eigenvalue weighted by Gasteiger charge is 2.41. The lowest BCUT2D eigenvalue weighted by atomic mass is 10.1. The van der Waals surface area contributed by atoms with E-state index in [1.165, 1.54) is 0 Å². The molecule has 3 heterocycles. The molecular formula is C23H31N5O3S. The highest BCUT2D eigenvalue weighted by Crippen LogP contribution is 2.27. The summed E-state index contributed by atoms with van der Waals surface area (Å²) in [5, 5.41) is 16.4. The molecule has 2 fully saturated rings. The van der Waals surface area contributed by atoms with Crippen LogP contribution in [0.25, 0.3) is 10.4 Å². The van der Waals surface area contributed by atoms with Crippen LogP contribution in [0.2, 0.25) is 0 Å². The van der Waals surface area contributed by atoms with Crippen LogP contribution < -0.4 is 10.6 Å². The minimum absolute atomic E-state index is 0.0899. The number of piperazine rings is 1. The van der Waals surface area contributed by atoms with Crippen LogP contribution >= 0.6 is 11.3 Å². The molecule has 9 heteroatoms. The monoisotopic (exact) mass is 457 g/mol. The van der Waals surface area contributed by atoms with Crippen molar-refractivity contribution >= 4 is 23.2 Å². The number of likely N-dealkylation sites (tertiary alicyclic amines) is 1. The fraction of sp³-hybridized carbons (Fsp3) is 0.522. The van der Waals surface area contributed by atoms with Gasteiger partial charge in [-0.15, -0.1) is 11.3 Å². The number of aryl methyl sites for hydroxylation is 1. The summed E-state index contributed by atoms with van der Waals surface area (Å²) in [7, 11) is 0. The third-order valence-electron chi connectivity index (χ3n) is 6.35. The molecule has 3 N–H and O–H groups in total. The van der Waals surface area contributed by atoms with Crippen molar-refractivity contribution in [2.75, 3.05) is 32.7 Å². The SMILES string of the molecule is Cc1ncsc1-c1ccc(CNC(=O)[C@@H]2C[C@@H](O)CN2C(=O)[C@H](C)N2CCNCC2)cc1. The van der Waals surface area contributed by atoms with Crippen LogP contribution in [-0.4, -0.2) is 82.6 Å². The second-order valence-corrected chi connectivity index (χ2v) is 9.39. The van der Waals surface area contributed by atoms with E-state index in [1.54, 1.807) is 16.2 Å². The zero-order chi connectivity index (χ0) is 22.7. The van der Waals surface area contributed by atoms with Crippen molar-refractivity contribution in [3.63, 3.8) is 0 Å². The van der Waals surface area contributed by atoms with E-state index in [0.29, 0.717) is 6.54 Å². The van der Waals surface area contributed by atoms with Gasteiger partial charge in [-0.3, -0.25) is 14.5 Å². The van der Waals surface area contributed by atoms with Crippen LogP contribution in [0.5, 0.6) is 0 Å². The number of benzene rings is 1. The van der Waals surface area contributed by atoms with Gasteiger partial charge in [-0.2, -0.15) is 0 Å². The van der Waals surface area contributed by atoms with Gasteiger partial charge in [0.15, 0.2) is 0 Å². The first-order valence-electron chi connectivity index (χ1n) is 11.1. The minimum atomic E-state index is -0.674. The number of rotatable bonds is 6. The summed E-state index contributed by atoms with van der Waals surface area (Å²) in [4.78, 5) is 35.2. The van der Waals surface area contributed by atoms with Crippen molar-refractivity contribution in [2.24, 2.45) is 0 Å². The van der Waals surface area contributed by atoms with Crippen molar-refractivity contribution in [3.8, 4) is 10.4 Å². The Balaban J connectivity index is 1.36. The number of thiazole rings is 1. The zero-order valence-electron chi connectivity index (χ0n) is 18.6. The van der Waals surface area contributed by atoms with Gasteiger partial charge < -0.3 is 20.6 Å². The van der Waals surface area contributed by atoms with Gasteiger partial charge in [-0.25, -0.2) is 4.98 Å². The Morgan fingerprint density at radius 3 is 2.66 bits per heavy atom. The number of hydrogen-bond acceptors (Lipinski definition) is 7. The fourth-order valence-corrected chi connectivity index (χ4v) is 5.24. The highest BCUT2D eigenvalue weighted by molar-refractivity contribution is 7.13. The third-order valence-corrected chi connectivity index (χ3v) is 7.33. The van der Waals surface area contributed by atoms with Crippen molar-refractivity contribution in [1.29, 1.82) is 0 Å². The average molecular weight is 458 g/mol. The molecule has 0 bridgehead atoms. The van der Waals surface area contributed by atoms with E-state index in [-0.39, 0.29) is 30.8 Å². The molecule has 0 spiro atoms. The first kappa shape index (κ1) is 22.8. The van der Waals surface area contributed by atoms with Crippen LogP contribution in [0.15, 0.2) is 29.8 Å². The van der Waals surface area contributed by atoms with E-state index in [9.17, 15) is 14.7 Å². The smallest absolute Gasteiger partial charge is 0.243 e. The van der Waals surface area contributed by atoms with E-state index in [0.717, 1.165) is 47.9 Å². The molecule has 0 radical (unpaired) electrons. The summed E-state index contributed by atoms with van der Waals surface area (Å²) in [5.74, 6) is -0.308. The number of nitrogens with one attached hydrogen (secondary N) is 2. The van der Waals surface area contributed by atoms with Gasteiger partial charge in [-0.1, -0.05) is 24.3 Å². The maximum Gasteiger partial charge on any atom is 0.243 e. The maximum absolute atomic E-state index is 13.1. The van der Waals surface area contributed by atoms with Crippen LogP contribution in [0.4, 0.5) is 0 Å². The Labute approximate surface area is 192 Å². The van der Waals surface area contributed by atoms with Crippen LogP contribution in [0, 0.1) is 6.92 Å². The summed E-state index contributed by atoms with van der Waals surface area (Å²) in [6.07, 6.45) is -0.401. The maximum atomic E-state index is 13.1. The Kier molecular flexibility index (Phi) is 7.20. The fourth-order valence-electron chi connectivity index (χ4n) is 4.43. The number of β-amino-alcohol motifs (C(OH)–C–C–N with tert-alkyl or cyclic N) is 1. The van der Waals surface area contributed by atoms with Gasteiger partial charge in [0.05, 0.1) is 28.2 Å². The molecule has 2 amide bonds. The number of carbonyl (C=O) groups excluding carboxylic acids is 2. The first-order chi connectivity index (χ1) is 15.4. The topological polar surface area (TPSA) is 97.8 Å². The van der Waals surface area contributed by atoms with Gasteiger partial charge in [0, 0.05) is 45.7 Å². The molecule has 2 saturated heterocycles. The average Bonchev–Trinajstić information content (AvgIpc) is 3.43. The second kappa shape index (κ2) is 10.1. The lowest BCUT2D eigenvalue weighted by molar-refractivity contribution is -0.142. The molecule has 2 aliphatic rings. The van der Waals surface area contributed by atoms with Crippen molar-refractivity contribution in [2.45, 2.75) is 45.0 Å². The molecule has 172 valence electrons. The van der Waals surface area contributed by atoms with Crippen LogP contribution in [-0.2, 0) is 16.1 Å². The summed E-state index contributed by atoms with van der Waals surface area (Å²) in [6, 6.07) is 7.11. The van der Waals surface area contributed by atoms with E-state index in [2.05, 4.69) is 20.5 Å². The lowest BCUT2D eigenvalue weighted by Gasteiger charge is -2.35. The second-order valence-electron chi connectivity index (χ2n) is 8.54. The molecule has 3 atom stereocenters. The predicted octanol–water partition coefficient (Wildman–Crippen LogP) is 0.990. The third kappa shape index (κ3) is 5.01. The van der Waals surface area contributed by atoms with Crippen LogP contribution in [0.3, 0.4) is 0 Å². The molecule has 8 nitrogen and oxygen atoms in total. The number of nitrogens with zero attached hydrogens (tertiary/aromatic N) is 3. The normalized spacial score (nSPS) is 22.7. The van der Waals surface area contributed by atoms with Crippen LogP contribution in [0.1, 0.15) is 24.6 Å². The van der Waals surface area contributed by atoms with E-state index < -0.39 is 12.1 Å². The van der Waals surface area contributed by atoms with Crippen molar-refractivity contribution in [1.82, 2.24) is 25.4 Å². The molecule has 1 aromatic heterocycles. The quantitative estimate of drug-likeness (QED) is 0.599. The molecule has 2 aromatic rings. The van der Waals surface area contributed by atoms with E-state index in [4.69, 9.17) is 0 Å². The Hall–Kier alpha value is -2.33. The summed E-state index contributed by atoms with van der Waals surface area (Å²) in [5.41, 5.74) is 4.94. The number of amides is 2. The van der Waals surface area contributed by atoms with Gasteiger partial charge in [0.25, 0.3) is 0 Å². The number of hydrogen-bond donors (Lipinski definition) is 3. The summed E-state index contributed by atoms with van der Waals surface area (Å²) in [6.45, 7) is 7.77. The first-order valence-corrected chi connectivity index (χ1v) is 12.0. The standard InChI is InChI=1S/C23H31N5O3S/c1-15-21(32-14-26-15)18-5-3-17(4-6-18)12-25-22(30)20-11-19(29)13-28(20)23(31)16(2)27-9-7-24-8-10-27/h3-6,14,16,19-20,24,29H,7-13H2,1-2H3,(H,25,30)/t16-,19+,20-/m0/s1. The number of aromatic nitrogens is 1. The zero-order valence-corrected chi connectivity index (χ0v) is 19.4. The molecule has 0 aliphatic carbocycles. The molecule has 1 aromatic carbocycles. The van der Waals surface area contributed by atoms with Gasteiger partial charge in [-0.05, 0) is 25.0 Å². The summed E-state index contributed by atoms with van der Waals surface area (Å²) >= 11 is 1.61. The predicted molar refractivity (Wildman–Crippen MR) is 124 cm³/mol. The molecule has 2 aliphatic heterocycles. The van der Waals surface area contributed by atoms with Gasteiger partial charge >= 0.3 is 0 Å². The van der Waals surface area contributed by atoms with Gasteiger partial charge in [0.1, 0.15) is 6.04 Å².